The summed E-state index contributed by atoms with van der Waals surface area (Å²) in [7, 11) is 1.56. The molecule has 1 aromatic carbocycles. The average Bonchev–Trinajstić information content (AvgIpc) is 2.89. The molecule has 0 saturated carbocycles. The van der Waals surface area contributed by atoms with Crippen LogP contribution in [0.1, 0.15) is 0 Å². The number of methoxy groups -OCH3 is 1. The number of nitrogens with two attached hydrogens (primary N) is 1. The van der Waals surface area contributed by atoms with Crippen LogP contribution in [-0.4, -0.2) is 17.3 Å². The van der Waals surface area contributed by atoms with Gasteiger partial charge in [0.05, 0.1) is 18.2 Å². The van der Waals surface area contributed by atoms with Crippen molar-refractivity contribution in [2.45, 2.75) is 0 Å². The van der Waals surface area contributed by atoms with Crippen LogP contribution in [0.5, 0.6) is 5.88 Å². The van der Waals surface area contributed by atoms with Crippen LogP contribution in [0.4, 0.5) is 5.82 Å². The first kappa shape index (κ1) is 12.2. The lowest BCUT2D eigenvalue weighted by Gasteiger charge is -2.06. The van der Waals surface area contributed by atoms with Crippen molar-refractivity contribution < 1.29 is 9.26 Å². The zero-order valence-corrected chi connectivity index (χ0v) is 10.9. The van der Waals surface area contributed by atoms with E-state index in [4.69, 9.17) is 15.0 Å². The van der Waals surface area contributed by atoms with Crippen molar-refractivity contribution in [1.82, 2.24) is 10.1 Å². The molecule has 0 aliphatic heterocycles. The van der Waals surface area contributed by atoms with Crippen molar-refractivity contribution in [3.8, 4) is 28.3 Å². The third-order valence-corrected chi connectivity index (χ3v) is 2.99. The first-order valence-electron chi connectivity index (χ1n) is 6.11. The van der Waals surface area contributed by atoms with Crippen molar-refractivity contribution in [3.05, 3.63) is 48.7 Å². The Hall–Kier alpha value is -2.82. The maximum atomic E-state index is 5.94. The van der Waals surface area contributed by atoms with Crippen molar-refractivity contribution >= 4 is 5.82 Å². The highest BCUT2D eigenvalue weighted by atomic mass is 16.5. The van der Waals surface area contributed by atoms with Crippen LogP contribution in [0.25, 0.3) is 22.5 Å². The molecule has 5 nitrogen and oxygen atoms in total. The predicted octanol–water partition coefficient (Wildman–Crippen LogP) is 2.99. The summed E-state index contributed by atoms with van der Waals surface area (Å²) in [6.07, 6.45) is 1.66. The van der Waals surface area contributed by atoms with Gasteiger partial charge in [0, 0.05) is 6.20 Å². The highest BCUT2D eigenvalue weighted by Gasteiger charge is 2.20. The number of rotatable bonds is 3. The van der Waals surface area contributed by atoms with E-state index >= 15 is 0 Å². The standard InChI is InChI=1S/C15H13N3O2/c1-19-15-11(8-5-9-17-15)13-12(14(16)18-20-13)10-6-3-2-4-7-10/h2-9H,1H3,(H2,16,18). The predicted molar refractivity (Wildman–Crippen MR) is 76.1 cm³/mol. The number of nitrogen functional groups attached to an aromatic ring is 1. The number of hydrogen-bond acceptors (Lipinski definition) is 5. The van der Waals surface area contributed by atoms with Gasteiger partial charge < -0.3 is 15.0 Å². The zero-order chi connectivity index (χ0) is 13.9. The van der Waals surface area contributed by atoms with Crippen LogP contribution in [0, 0.1) is 0 Å². The number of nitrogens with zero attached hydrogens (tertiary/aromatic N) is 2. The third-order valence-electron chi connectivity index (χ3n) is 2.99. The van der Waals surface area contributed by atoms with E-state index in [0.29, 0.717) is 17.5 Å². The molecule has 0 spiro atoms. The van der Waals surface area contributed by atoms with Gasteiger partial charge in [0.25, 0.3) is 0 Å². The van der Waals surface area contributed by atoms with Crippen molar-refractivity contribution in [2.75, 3.05) is 12.8 Å². The van der Waals surface area contributed by atoms with Crippen LogP contribution in [-0.2, 0) is 0 Å². The van der Waals surface area contributed by atoms with Gasteiger partial charge in [0.1, 0.15) is 0 Å². The van der Waals surface area contributed by atoms with Crippen LogP contribution >= 0.6 is 0 Å². The zero-order valence-electron chi connectivity index (χ0n) is 10.9. The fourth-order valence-corrected chi connectivity index (χ4v) is 2.10. The molecule has 0 atom stereocenters. The maximum Gasteiger partial charge on any atom is 0.224 e. The van der Waals surface area contributed by atoms with Crippen LogP contribution in [0.2, 0.25) is 0 Å². The summed E-state index contributed by atoms with van der Waals surface area (Å²) in [5, 5.41) is 3.86. The van der Waals surface area contributed by atoms with E-state index in [0.717, 1.165) is 16.7 Å². The van der Waals surface area contributed by atoms with E-state index in [1.165, 1.54) is 0 Å². The lowest BCUT2D eigenvalue weighted by Crippen LogP contribution is -1.92. The van der Waals surface area contributed by atoms with E-state index in [1.54, 1.807) is 13.3 Å². The van der Waals surface area contributed by atoms with Gasteiger partial charge in [-0.2, -0.15) is 0 Å². The van der Waals surface area contributed by atoms with Gasteiger partial charge >= 0.3 is 0 Å². The Kier molecular flexibility index (Phi) is 3.09. The summed E-state index contributed by atoms with van der Waals surface area (Å²) in [6, 6.07) is 13.4. The van der Waals surface area contributed by atoms with Gasteiger partial charge in [-0.3, -0.25) is 0 Å². The third kappa shape index (κ3) is 1.99. The molecular weight excluding hydrogens is 254 g/mol. The monoisotopic (exact) mass is 267 g/mol. The Morgan fingerprint density at radius 1 is 1.10 bits per heavy atom. The molecule has 0 radical (unpaired) electrons. The Morgan fingerprint density at radius 3 is 2.65 bits per heavy atom. The molecule has 0 unspecified atom stereocenters. The number of anilines is 1. The minimum atomic E-state index is 0.345. The lowest BCUT2D eigenvalue weighted by molar-refractivity contribution is 0.393. The molecule has 0 fully saturated rings. The Balaban J connectivity index is 2.22. The quantitative estimate of drug-likeness (QED) is 0.789. The molecule has 20 heavy (non-hydrogen) atoms. The molecule has 5 heteroatoms. The molecule has 2 heterocycles. The van der Waals surface area contributed by atoms with E-state index in [-0.39, 0.29) is 0 Å². The second-order valence-electron chi connectivity index (χ2n) is 4.20. The van der Waals surface area contributed by atoms with Gasteiger partial charge in [-0.1, -0.05) is 35.5 Å². The minimum Gasteiger partial charge on any atom is -0.480 e. The Bertz CT molecular complexity index is 723. The smallest absolute Gasteiger partial charge is 0.224 e. The van der Waals surface area contributed by atoms with E-state index in [1.807, 2.05) is 42.5 Å². The first-order chi connectivity index (χ1) is 9.81. The van der Waals surface area contributed by atoms with E-state index in [9.17, 15) is 0 Å². The molecule has 3 aromatic rings. The normalized spacial score (nSPS) is 10.4. The van der Waals surface area contributed by atoms with E-state index < -0.39 is 0 Å². The van der Waals surface area contributed by atoms with Gasteiger partial charge in [-0.25, -0.2) is 4.98 Å². The lowest BCUT2D eigenvalue weighted by atomic mass is 10.0. The number of hydrogen-bond donors (Lipinski definition) is 1. The number of benzene rings is 1. The van der Waals surface area contributed by atoms with Crippen LogP contribution in [0.15, 0.2) is 53.2 Å². The van der Waals surface area contributed by atoms with Gasteiger partial charge in [0.15, 0.2) is 11.6 Å². The molecular formula is C15H13N3O2. The van der Waals surface area contributed by atoms with Crippen molar-refractivity contribution in [2.24, 2.45) is 0 Å². The second-order valence-corrected chi connectivity index (χ2v) is 4.20. The summed E-state index contributed by atoms with van der Waals surface area (Å²) >= 11 is 0. The summed E-state index contributed by atoms with van der Waals surface area (Å²) in [5.74, 6) is 1.37. The Labute approximate surface area is 116 Å². The van der Waals surface area contributed by atoms with Crippen molar-refractivity contribution in [3.63, 3.8) is 0 Å². The number of pyridine rings is 1. The summed E-state index contributed by atoms with van der Waals surface area (Å²) in [6.45, 7) is 0. The number of aromatic nitrogens is 2. The van der Waals surface area contributed by atoms with Crippen molar-refractivity contribution in [1.29, 1.82) is 0 Å². The van der Waals surface area contributed by atoms with Crippen LogP contribution in [0.3, 0.4) is 0 Å². The topological polar surface area (TPSA) is 74.2 Å². The SMILES string of the molecule is COc1ncccc1-c1onc(N)c1-c1ccccc1. The molecule has 0 saturated heterocycles. The number of ether oxygens (including phenoxy) is 1. The fourth-order valence-electron chi connectivity index (χ4n) is 2.10. The highest BCUT2D eigenvalue weighted by Crippen LogP contribution is 2.39. The highest BCUT2D eigenvalue weighted by molar-refractivity contribution is 5.87. The average molecular weight is 267 g/mol. The molecule has 3 rings (SSSR count). The summed E-state index contributed by atoms with van der Waals surface area (Å²) < 4.78 is 10.6. The molecule has 100 valence electrons. The van der Waals surface area contributed by atoms with Gasteiger partial charge in [0.2, 0.25) is 5.88 Å². The molecule has 0 aliphatic carbocycles. The van der Waals surface area contributed by atoms with Gasteiger partial charge in [-0.15, -0.1) is 0 Å². The summed E-state index contributed by atoms with van der Waals surface area (Å²) in [5.41, 5.74) is 8.34. The fraction of sp³-hybridized carbons (Fsp3) is 0.0667. The summed E-state index contributed by atoms with van der Waals surface area (Å²) in [4.78, 5) is 4.17. The first-order valence-corrected chi connectivity index (χ1v) is 6.11. The maximum absolute atomic E-state index is 5.94. The van der Waals surface area contributed by atoms with Gasteiger partial charge in [-0.05, 0) is 17.7 Å². The molecule has 0 bridgehead atoms. The minimum absolute atomic E-state index is 0.345. The second kappa shape index (κ2) is 5.05. The molecule has 2 N–H and O–H groups in total. The Morgan fingerprint density at radius 2 is 1.90 bits per heavy atom. The molecule has 2 aromatic heterocycles. The molecule has 0 aliphatic rings. The largest absolute Gasteiger partial charge is 0.480 e. The van der Waals surface area contributed by atoms with E-state index in [2.05, 4.69) is 10.1 Å². The van der Waals surface area contributed by atoms with Crippen LogP contribution < -0.4 is 10.5 Å². The molecule has 0 amide bonds.